The van der Waals surface area contributed by atoms with Crippen LogP contribution in [0, 0.1) is 0 Å². The van der Waals surface area contributed by atoms with Crippen LogP contribution in [0.3, 0.4) is 0 Å². The number of methoxy groups -OCH3 is 1. The number of benzene rings is 2. The van der Waals surface area contributed by atoms with Crippen molar-refractivity contribution in [3.8, 4) is 5.75 Å². The Bertz CT molecular complexity index is 979. The van der Waals surface area contributed by atoms with Gasteiger partial charge in [-0.15, -0.1) is 22.0 Å². The number of ether oxygens (including phenoxy) is 1. The van der Waals surface area contributed by atoms with Gasteiger partial charge in [0.2, 0.25) is 11.0 Å². The van der Waals surface area contributed by atoms with E-state index in [0.29, 0.717) is 41.6 Å². The second-order valence-corrected chi connectivity index (χ2v) is 8.43. The third-order valence-corrected chi connectivity index (χ3v) is 5.92. The van der Waals surface area contributed by atoms with Crippen molar-refractivity contribution in [1.82, 2.24) is 15.5 Å². The number of hydrogen-bond donors (Lipinski definition) is 2. The lowest BCUT2D eigenvalue weighted by atomic mass is 10.2. The standard InChI is InChI=1S/C21H22N4O3S2/c1-28-16-7-5-6-15(14-16)20(27)22-12-10-19-24-25-21(30-19)23-18(26)11-13-29-17-8-3-2-4-9-17/h2-9,14H,10-13H2,1H3,(H,22,27)(H,23,25,26). The predicted octanol–water partition coefficient (Wildman–Crippen LogP) is 3.64. The highest BCUT2D eigenvalue weighted by Crippen LogP contribution is 2.19. The first-order chi connectivity index (χ1) is 14.6. The number of rotatable bonds is 10. The fourth-order valence-corrected chi connectivity index (χ4v) is 4.14. The van der Waals surface area contributed by atoms with Crippen molar-refractivity contribution in [1.29, 1.82) is 0 Å². The average molecular weight is 443 g/mol. The molecule has 0 atom stereocenters. The molecule has 0 spiro atoms. The van der Waals surface area contributed by atoms with Crippen LogP contribution >= 0.6 is 23.1 Å². The first kappa shape index (κ1) is 21.8. The summed E-state index contributed by atoms with van der Waals surface area (Å²) in [6, 6.07) is 16.9. The molecule has 9 heteroatoms. The van der Waals surface area contributed by atoms with Gasteiger partial charge in [0.15, 0.2) is 0 Å². The fourth-order valence-electron chi connectivity index (χ4n) is 2.51. The Kier molecular flexibility index (Phi) is 8.22. The number of carbonyl (C=O) groups is 2. The molecule has 2 aromatic carbocycles. The number of amides is 2. The van der Waals surface area contributed by atoms with E-state index in [1.165, 1.54) is 11.3 Å². The van der Waals surface area contributed by atoms with Crippen LogP contribution in [0.4, 0.5) is 5.13 Å². The van der Waals surface area contributed by atoms with Crippen molar-refractivity contribution in [2.75, 3.05) is 24.7 Å². The maximum Gasteiger partial charge on any atom is 0.251 e. The molecule has 2 N–H and O–H groups in total. The Morgan fingerprint density at radius 3 is 2.73 bits per heavy atom. The zero-order valence-corrected chi connectivity index (χ0v) is 18.1. The van der Waals surface area contributed by atoms with E-state index in [2.05, 4.69) is 20.8 Å². The quantitative estimate of drug-likeness (QED) is 0.466. The molecule has 0 aliphatic carbocycles. The highest BCUT2D eigenvalue weighted by atomic mass is 32.2. The van der Waals surface area contributed by atoms with Crippen molar-refractivity contribution in [3.63, 3.8) is 0 Å². The van der Waals surface area contributed by atoms with Gasteiger partial charge in [0.05, 0.1) is 7.11 Å². The molecule has 0 fully saturated rings. The number of nitrogens with zero attached hydrogens (tertiary/aromatic N) is 2. The predicted molar refractivity (Wildman–Crippen MR) is 119 cm³/mol. The van der Waals surface area contributed by atoms with Gasteiger partial charge in [0, 0.05) is 35.6 Å². The van der Waals surface area contributed by atoms with E-state index < -0.39 is 0 Å². The minimum absolute atomic E-state index is 0.0903. The summed E-state index contributed by atoms with van der Waals surface area (Å²) in [6.45, 7) is 0.423. The first-order valence-corrected chi connectivity index (χ1v) is 11.2. The highest BCUT2D eigenvalue weighted by molar-refractivity contribution is 7.99. The van der Waals surface area contributed by atoms with E-state index in [0.717, 1.165) is 9.90 Å². The first-order valence-electron chi connectivity index (χ1n) is 9.36. The summed E-state index contributed by atoms with van der Waals surface area (Å²) in [4.78, 5) is 25.4. The molecule has 3 rings (SSSR count). The van der Waals surface area contributed by atoms with Gasteiger partial charge in [0.1, 0.15) is 10.8 Å². The van der Waals surface area contributed by atoms with Gasteiger partial charge in [-0.3, -0.25) is 9.59 Å². The summed E-state index contributed by atoms with van der Waals surface area (Å²) in [5, 5.41) is 14.9. The lowest BCUT2D eigenvalue weighted by Gasteiger charge is -2.05. The molecule has 156 valence electrons. The summed E-state index contributed by atoms with van der Waals surface area (Å²) >= 11 is 2.95. The molecule has 1 heterocycles. The Balaban J connectivity index is 1.38. The molecule has 0 aliphatic rings. The van der Waals surface area contributed by atoms with E-state index in [1.54, 1.807) is 43.1 Å². The molecule has 0 radical (unpaired) electrons. The van der Waals surface area contributed by atoms with Crippen molar-refractivity contribution >= 4 is 40.0 Å². The molecule has 0 bridgehead atoms. The maximum absolute atomic E-state index is 12.2. The molecule has 30 heavy (non-hydrogen) atoms. The lowest BCUT2D eigenvalue weighted by molar-refractivity contribution is -0.115. The van der Waals surface area contributed by atoms with Crippen LogP contribution < -0.4 is 15.4 Å². The third kappa shape index (κ3) is 6.85. The zero-order chi connectivity index (χ0) is 21.2. The van der Waals surface area contributed by atoms with Crippen LogP contribution in [0.2, 0.25) is 0 Å². The normalized spacial score (nSPS) is 10.4. The third-order valence-electron chi connectivity index (χ3n) is 4.01. The van der Waals surface area contributed by atoms with Crippen LogP contribution in [0.1, 0.15) is 21.8 Å². The van der Waals surface area contributed by atoms with Crippen molar-refractivity contribution < 1.29 is 14.3 Å². The van der Waals surface area contributed by atoms with Crippen LogP contribution in [-0.2, 0) is 11.2 Å². The Morgan fingerprint density at radius 1 is 1.10 bits per heavy atom. The molecule has 7 nitrogen and oxygen atoms in total. The minimum atomic E-state index is -0.178. The number of nitrogens with one attached hydrogen (secondary N) is 2. The van der Waals surface area contributed by atoms with Gasteiger partial charge < -0.3 is 15.4 Å². The average Bonchev–Trinajstić information content (AvgIpc) is 3.21. The largest absolute Gasteiger partial charge is 0.497 e. The van der Waals surface area contributed by atoms with Crippen LogP contribution in [0.5, 0.6) is 5.75 Å². The molecule has 0 aliphatic heterocycles. The van der Waals surface area contributed by atoms with Gasteiger partial charge in [0.25, 0.3) is 5.91 Å². The molecule has 2 amide bonds. The number of thioether (sulfide) groups is 1. The molecular formula is C21H22N4O3S2. The monoisotopic (exact) mass is 442 g/mol. The molecule has 0 saturated carbocycles. The van der Waals surface area contributed by atoms with Gasteiger partial charge in [-0.25, -0.2) is 0 Å². The summed E-state index contributed by atoms with van der Waals surface area (Å²) in [6.07, 6.45) is 0.929. The van der Waals surface area contributed by atoms with Crippen LogP contribution in [-0.4, -0.2) is 41.4 Å². The van der Waals surface area contributed by atoms with E-state index in [-0.39, 0.29) is 11.8 Å². The Morgan fingerprint density at radius 2 is 1.93 bits per heavy atom. The number of aromatic nitrogens is 2. The van der Waals surface area contributed by atoms with E-state index in [1.807, 2.05) is 30.3 Å². The maximum atomic E-state index is 12.2. The zero-order valence-electron chi connectivity index (χ0n) is 16.5. The van der Waals surface area contributed by atoms with Gasteiger partial charge >= 0.3 is 0 Å². The van der Waals surface area contributed by atoms with Gasteiger partial charge in [-0.05, 0) is 30.3 Å². The van der Waals surface area contributed by atoms with E-state index in [9.17, 15) is 9.59 Å². The summed E-state index contributed by atoms with van der Waals surface area (Å²) in [7, 11) is 1.56. The summed E-state index contributed by atoms with van der Waals surface area (Å²) < 4.78 is 5.13. The van der Waals surface area contributed by atoms with Crippen molar-refractivity contribution in [2.24, 2.45) is 0 Å². The van der Waals surface area contributed by atoms with Crippen molar-refractivity contribution in [2.45, 2.75) is 17.7 Å². The number of hydrogen-bond acceptors (Lipinski definition) is 7. The van der Waals surface area contributed by atoms with Crippen LogP contribution in [0.25, 0.3) is 0 Å². The van der Waals surface area contributed by atoms with Gasteiger partial charge in [-0.1, -0.05) is 35.6 Å². The lowest BCUT2D eigenvalue weighted by Crippen LogP contribution is -2.25. The minimum Gasteiger partial charge on any atom is -0.497 e. The summed E-state index contributed by atoms with van der Waals surface area (Å²) in [5.41, 5.74) is 0.535. The van der Waals surface area contributed by atoms with Crippen LogP contribution in [0.15, 0.2) is 59.5 Å². The highest BCUT2D eigenvalue weighted by Gasteiger charge is 2.10. The fraction of sp³-hybridized carbons (Fsp3) is 0.238. The second kappa shape index (κ2) is 11.3. The van der Waals surface area contributed by atoms with Gasteiger partial charge in [-0.2, -0.15) is 0 Å². The number of carbonyl (C=O) groups excluding carboxylic acids is 2. The molecule has 0 unspecified atom stereocenters. The molecule has 0 saturated heterocycles. The topological polar surface area (TPSA) is 93.2 Å². The smallest absolute Gasteiger partial charge is 0.251 e. The number of anilines is 1. The van der Waals surface area contributed by atoms with E-state index >= 15 is 0 Å². The molecular weight excluding hydrogens is 420 g/mol. The molecule has 1 aromatic heterocycles. The second-order valence-electron chi connectivity index (χ2n) is 6.20. The molecule has 3 aromatic rings. The SMILES string of the molecule is COc1cccc(C(=O)NCCc2nnc(NC(=O)CCSc3ccccc3)s2)c1. The van der Waals surface area contributed by atoms with Crippen molar-refractivity contribution in [3.05, 3.63) is 65.2 Å². The Hall–Kier alpha value is -2.91. The summed E-state index contributed by atoms with van der Waals surface area (Å²) in [5.74, 6) is 1.06. The Labute approximate surface area is 183 Å². The van der Waals surface area contributed by atoms with E-state index in [4.69, 9.17) is 4.74 Å².